The molecule has 2 aromatic rings. The van der Waals surface area contributed by atoms with Crippen molar-refractivity contribution >= 4 is 32.7 Å². The monoisotopic (exact) mass is 267 g/mol. The van der Waals surface area contributed by atoms with Crippen LogP contribution >= 0.6 is 15.9 Å². The lowest BCUT2D eigenvalue weighted by atomic mass is 10.1. The van der Waals surface area contributed by atoms with Crippen LogP contribution in [-0.2, 0) is 0 Å². The molecule has 1 aromatic carbocycles. The van der Waals surface area contributed by atoms with Crippen molar-refractivity contribution in [1.29, 1.82) is 0 Å². The fourth-order valence-electron chi connectivity index (χ4n) is 1.39. The van der Waals surface area contributed by atoms with Gasteiger partial charge < -0.3 is 4.90 Å². The fourth-order valence-corrected chi connectivity index (χ4v) is 1.95. The van der Waals surface area contributed by atoms with E-state index in [1.807, 2.05) is 0 Å². The van der Waals surface area contributed by atoms with Crippen molar-refractivity contribution in [1.82, 2.24) is 15.1 Å². The Bertz CT molecular complexity index is 518. The molecule has 0 fully saturated rings. The van der Waals surface area contributed by atoms with E-state index in [-0.39, 0.29) is 5.91 Å². The molecule has 78 valence electrons. The second kappa shape index (κ2) is 3.66. The van der Waals surface area contributed by atoms with Crippen molar-refractivity contribution in [2.24, 2.45) is 0 Å². The van der Waals surface area contributed by atoms with Crippen LogP contribution in [0.1, 0.15) is 10.4 Å². The van der Waals surface area contributed by atoms with Crippen LogP contribution in [0.25, 0.3) is 10.9 Å². The van der Waals surface area contributed by atoms with Crippen LogP contribution in [0.15, 0.2) is 22.8 Å². The number of hydrogen-bond acceptors (Lipinski definition) is 2. The average molecular weight is 268 g/mol. The highest BCUT2D eigenvalue weighted by atomic mass is 79.9. The molecule has 2 rings (SSSR count). The van der Waals surface area contributed by atoms with Gasteiger partial charge in [-0.25, -0.2) is 0 Å². The highest BCUT2D eigenvalue weighted by Crippen LogP contribution is 2.24. The summed E-state index contributed by atoms with van der Waals surface area (Å²) >= 11 is 3.41. The number of hydrogen-bond donors (Lipinski definition) is 1. The molecule has 1 heterocycles. The largest absolute Gasteiger partial charge is 0.345 e. The molecule has 0 saturated carbocycles. The van der Waals surface area contributed by atoms with Crippen molar-refractivity contribution in [2.45, 2.75) is 0 Å². The molecule has 5 heteroatoms. The molecule has 0 bridgehead atoms. The van der Waals surface area contributed by atoms with E-state index in [0.29, 0.717) is 5.56 Å². The number of halogens is 1. The number of aromatic amines is 1. The quantitative estimate of drug-likeness (QED) is 0.860. The Hall–Kier alpha value is -1.36. The van der Waals surface area contributed by atoms with Crippen LogP contribution in [-0.4, -0.2) is 35.1 Å². The first-order valence-electron chi connectivity index (χ1n) is 4.44. The minimum atomic E-state index is -0.0211. The van der Waals surface area contributed by atoms with Crippen molar-refractivity contribution in [3.8, 4) is 0 Å². The zero-order chi connectivity index (χ0) is 11.0. The number of nitrogens with zero attached hydrogens (tertiary/aromatic N) is 2. The third-order valence-corrected chi connectivity index (χ3v) is 2.82. The normalized spacial score (nSPS) is 10.6. The molecule has 0 saturated heterocycles. The maximum atomic E-state index is 11.7. The maximum Gasteiger partial charge on any atom is 0.253 e. The van der Waals surface area contributed by atoms with Crippen LogP contribution in [0, 0.1) is 0 Å². The number of rotatable bonds is 1. The highest BCUT2D eigenvalue weighted by molar-refractivity contribution is 9.10. The Morgan fingerprint density at radius 3 is 2.87 bits per heavy atom. The predicted octanol–water partition coefficient (Wildman–Crippen LogP) is 2.03. The van der Waals surface area contributed by atoms with Crippen LogP contribution < -0.4 is 0 Å². The number of amides is 1. The second-order valence-corrected chi connectivity index (χ2v) is 4.34. The number of carbonyl (C=O) groups is 1. The van der Waals surface area contributed by atoms with Gasteiger partial charge in [0, 0.05) is 29.5 Å². The van der Waals surface area contributed by atoms with Crippen molar-refractivity contribution in [3.63, 3.8) is 0 Å². The molecule has 15 heavy (non-hydrogen) atoms. The number of fused-ring (bicyclic) bond motifs is 1. The van der Waals surface area contributed by atoms with Crippen molar-refractivity contribution in [2.75, 3.05) is 14.1 Å². The van der Waals surface area contributed by atoms with E-state index < -0.39 is 0 Å². The summed E-state index contributed by atoms with van der Waals surface area (Å²) in [5.74, 6) is -0.0211. The van der Waals surface area contributed by atoms with Gasteiger partial charge in [-0.05, 0) is 12.1 Å². The first-order valence-corrected chi connectivity index (χ1v) is 5.23. The van der Waals surface area contributed by atoms with Gasteiger partial charge in [-0.15, -0.1) is 0 Å². The molecule has 0 spiro atoms. The van der Waals surface area contributed by atoms with Gasteiger partial charge >= 0.3 is 0 Å². The highest BCUT2D eigenvalue weighted by Gasteiger charge is 2.11. The lowest BCUT2D eigenvalue weighted by Crippen LogP contribution is -2.21. The zero-order valence-electron chi connectivity index (χ0n) is 8.41. The molecular formula is C10H10BrN3O. The van der Waals surface area contributed by atoms with Gasteiger partial charge in [-0.2, -0.15) is 5.10 Å². The lowest BCUT2D eigenvalue weighted by molar-refractivity contribution is 0.0827. The summed E-state index contributed by atoms with van der Waals surface area (Å²) in [6.07, 6.45) is 1.73. The van der Waals surface area contributed by atoms with Gasteiger partial charge in [-0.1, -0.05) is 15.9 Å². The third kappa shape index (κ3) is 1.74. The minimum Gasteiger partial charge on any atom is -0.345 e. The second-order valence-electron chi connectivity index (χ2n) is 3.49. The van der Waals surface area contributed by atoms with Crippen molar-refractivity contribution in [3.05, 3.63) is 28.4 Å². The van der Waals surface area contributed by atoms with Gasteiger partial charge in [0.25, 0.3) is 5.91 Å². The summed E-state index contributed by atoms with van der Waals surface area (Å²) < 4.78 is 0.874. The fraction of sp³-hybridized carbons (Fsp3) is 0.200. The first-order chi connectivity index (χ1) is 7.09. The topological polar surface area (TPSA) is 49.0 Å². The van der Waals surface area contributed by atoms with Crippen molar-refractivity contribution < 1.29 is 4.79 Å². The number of benzene rings is 1. The standard InChI is InChI=1S/C10H10BrN3O/c1-14(2)10(15)6-3-8(11)7-5-12-13-9(7)4-6/h3-5H,1-2H3,(H,12,13). The van der Waals surface area contributed by atoms with Crippen LogP contribution in [0.4, 0.5) is 0 Å². The Morgan fingerprint density at radius 1 is 1.47 bits per heavy atom. The average Bonchev–Trinajstić information content (AvgIpc) is 2.64. The maximum absolute atomic E-state index is 11.7. The van der Waals surface area contributed by atoms with Crippen LogP contribution in [0.5, 0.6) is 0 Å². The van der Waals surface area contributed by atoms with E-state index in [4.69, 9.17) is 0 Å². The summed E-state index contributed by atoms with van der Waals surface area (Å²) in [7, 11) is 3.46. The molecule has 0 aliphatic heterocycles. The van der Waals surface area contributed by atoms with Gasteiger partial charge in [0.15, 0.2) is 0 Å². The molecule has 0 radical (unpaired) electrons. The number of aromatic nitrogens is 2. The molecule has 0 aliphatic carbocycles. The number of nitrogens with one attached hydrogen (secondary N) is 1. The van der Waals surface area contributed by atoms with E-state index in [0.717, 1.165) is 15.4 Å². The predicted molar refractivity (Wildman–Crippen MR) is 61.8 cm³/mol. The van der Waals surface area contributed by atoms with E-state index in [1.54, 1.807) is 37.3 Å². The van der Waals surface area contributed by atoms with Gasteiger partial charge in [0.05, 0.1) is 11.7 Å². The molecule has 4 nitrogen and oxygen atoms in total. The molecule has 0 aliphatic rings. The minimum absolute atomic E-state index is 0.0211. The van der Waals surface area contributed by atoms with E-state index >= 15 is 0 Å². The number of H-pyrrole nitrogens is 1. The summed E-state index contributed by atoms with van der Waals surface area (Å²) in [5, 5.41) is 7.75. The zero-order valence-corrected chi connectivity index (χ0v) is 10.00. The first kappa shape index (κ1) is 10.2. The molecular weight excluding hydrogens is 258 g/mol. The van der Waals surface area contributed by atoms with Gasteiger partial charge in [0.1, 0.15) is 0 Å². The molecule has 1 N–H and O–H groups in total. The van der Waals surface area contributed by atoms with E-state index in [1.165, 1.54) is 0 Å². The van der Waals surface area contributed by atoms with Crippen LogP contribution in [0.3, 0.4) is 0 Å². The summed E-state index contributed by atoms with van der Waals surface area (Å²) in [6, 6.07) is 3.61. The Morgan fingerprint density at radius 2 is 2.20 bits per heavy atom. The Balaban J connectivity index is 2.59. The molecule has 1 amide bonds. The smallest absolute Gasteiger partial charge is 0.253 e. The summed E-state index contributed by atoms with van der Waals surface area (Å²) in [6.45, 7) is 0. The Labute approximate surface area is 95.4 Å². The summed E-state index contributed by atoms with van der Waals surface area (Å²) in [4.78, 5) is 13.3. The Kier molecular flexibility index (Phi) is 2.48. The van der Waals surface area contributed by atoms with Crippen LogP contribution in [0.2, 0.25) is 0 Å². The van der Waals surface area contributed by atoms with E-state index in [2.05, 4.69) is 26.1 Å². The van der Waals surface area contributed by atoms with Gasteiger partial charge in [-0.3, -0.25) is 9.89 Å². The third-order valence-electron chi connectivity index (χ3n) is 2.16. The lowest BCUT2D eigenvalue weighted by Gasteiger charge is -2.10. The molecule has 1 aromatic heterocycles. The SMILES string of the molecule is CN(C)C(=O)c1cc(Br)c2cn[nH]c2c1. The molecule has 0 unspecified atom stereocenters. The molecule has 0 atom stereocenters. The van der Waals surface area contributed by atoms with E-state index in [9.17, 15) is 4.79 Å². The number of carbonyl (C=O) groups excluding carboxylic acids is 1. The van der Waals surface area contributed by atoms with Gasteiger partial charge in [0.2, 0.25) is 0 Å². The summed E-state index contributed by atoms with van der Waals surface area (Å²) in [5.41, 5.74) is 1.50.